The lowest BCUT2D eigenvalue weighted by molar-refractivity contribution is -0.107. The molecule has 0 bridgehead atoms. The van der Waals surface area contributed by atoms with Gasteiger partial charge in [-0.3, -0.25) is 0 Å². The molecule has 0 saturated carbocycles. The molecule has 0 saturated heterocycles. The summed E-state index contributed by atoms with van der Waals surface area (Å²) >= 11 is 0. The summed E-state index contributed by atoms with van der Waals surface area (Å²) in [5, 5.41) is 0. The van der Waals surface area contributed by atoms with Gasteiger partial charge in [0.05, 0.1) is 6.26 Å². The molecule has 0 spiro atoms. The predicted octanol–water partition coefficient (Wildman–Crippen LogP) is 4.16. The van der Waals surface area contributed by atoms with E-state index < -0.39 is 0 Å². The van der Waals surface area contributed by atoms with Gasteiger partial charge in [-0.05, 0) is 31.4 Å². The third-order valence-corrected chi connectivity index (χ3v) is 3.08. The second-order valence-corrected chi connectivity index (χ2v) is 4.61. The van der Waals surface area contributed by atoms with E-state index in [0.717, 1.165) is 25.5 Å². The smallest absolute Gasteiger partial charge is 0.119 e. The van der Waals surface area contributed by atoms with Crippen LogP contribution in [0.15, 0.2) is 24.5 Å². The third-order valence-electron chi connectivity index (χ3n) is 3.08. The van der Waals surface area contributed by atoms with Crippen molar-refractivity contribution in [3.63, 3.8) is 0 Å². The van der Waals surface area contributed by atoms with Crippen LogP contribution in [0.2, 0.25) is 0 Å². The molecule has 0 amide bonds. The summed E-state index contributed by atoms with van der Waals surface area (Å²) in [4.78, 5) is 10.1. The molecule has 0 aromatic heterocycles. The molecule has 1 heterocycles. The van der Waals surface area contributed by atoms with Gasteiger partial charge in [0.15, 0.2) is 0 Å². The Morgan fingerprint density at radius 1 is 0.941 bits per heavy atom. The van der Waals surface area contributed by atoms with Crippen LogP contribution >= 0.6 is 0 Å². The lowest BCUT2D eigenvalue weighted by Crippen LogP contribution is -2.07. The number of carbonyl (C=O) groups is 1. The number of rotatable bonds is 10. The van der Waals surface area contributed by atoms with E-state index in [2.05, 4.69) is 12.2 Å². The van der Waals surface area contributed by atoms with E-state index in [4.69, 9.17) is 4.74 Å². The molecule has 0 radical (unpaired) electrons. The monoisotopic (exact) mass is 236 g/mol. The van der Waals surface area contributed by atoms with Gasteiger partial charge in [0.1, 0.15) is 12.4 Å². The zero-order valence-corrected chi connectivity index (χ0v) is 10.6. The summed E-state index contributed by atoms with van der Waals surface area (Å²) < 4.78 is 5.45. The topological polar surface area (TPSA) is 26.3 Å². The second-order valence-electron chi connectivity index (χ2n) is 4.61. The number of unbranched alkanes of at least 4 members (excludes halogenated alkanes) is 7. The van der Waals surface area contributed by atoms with E-state index in [-0.39, 0.29) is 0 Å². The first-order valence-corrected chi connectivity index (χ1v) is 6.86. The molecule has 1 rings (SSSR count). The summed E-state index contributed by atoms with van der Waals surface area (Å²) in [5.74, 6) is 0. The zero-order chi connectivity index (χ0) is 12.2. The van der Waals surface area contributed by atoms with E-state index in [0.29, 0.717) is 6.10 Å². The van der Waals surface area contributed by atoms with E-state index in [1.54, 1.807) is 6.26 Å². The van der Waals surface area contributed by atoms with Crippen molar-refractivity contribution >= 4 is 6.29 Å². The maximum absolute atomic E-state index is 10.1. The van der Waals surface area contributed by atoms with Crippen LogP contribution in [-0.4, -0.2) is 12.4 Å². The fraction of sp³-hybridized carbons (Fsp3) is 0.667. The predicted molar refractivity (Wildman–Crippen MR) is 70.8 cm³/mol. The normalized spacial score (nSPS) is 18.0. The fourth-order valence-corrected chi connectivity index (χ4v) is 2.05. The molecule has 0 aliphatic carbocycles. The Kier molecular flexibility index (Phi) is 8.35. The molecular formula is C15H24O2. The lowest BCUT2D eigenvalue weighted by atomic mass is 10.1. The molecule has 2 nitrogen and oxygen atoms in total. The highest BCUT2D eigenvalue weighted by atomic mass is 16.5. The molecule has 0 N–H and O–H groups in total. The minimum absolute atomic E-state index is 0.299. The Bertz CT molecular complexity index is 243. The van der Waals surface area contributed by atoms with E-state index >= 15 is 0 Å². The molecule has 96 valence electrons. The highest BCUT2D eigenvalue weighted by molar-refractivity contribution is 5.48. The maximum Gasteiger partial charge on any atom is 0.119 e. The van der Waals surface area contributed by atoms with E-state index in [1.807, 2.05) is 6.08 Å². The zero-order valence-electron chi connectivity index (χ0n) is 10.6. The van der Waals surface area contributed by atoms with Gasteiger partial charge in [-0.1, -0.05) is 38.2 Å². The Labute approximate surface area is 105 Å². The summed E-state index contributed by atoms with van der Waals surface area (Å²) in [6.07, 6.45) is 19.8. The Morgan fingerprint density at radius 3 is 2.29 bits per heavy atom. The fourth-order valence-electron chi connectivity index (χ4n) is 2.05. The van der Waals surface area contributed by atoms with Gasteiger partial charge in [0, 0.05) is 6.42 Å². The second kappa shape index (κ2) is 10.1. The van der Waals surface area contributed by atoms with E-state index in [1.165, 1.54) is 38.5 Å². The van der Waals surface area contributed by atoms with Crippen molar-refractivity contribution in [2.75, 3.05) is 0 Å². The van der Waals surface area contributed by atoms with Crippen LogP contribution in [-0.2, 0) is 9.53 Å². The molecule has 1 atom stereocenters. The average molecular weight is 236 g/mol. The molecule has 2 heteroatoms. The average Bonchev–Trinajstić information content (AvgIpc) is 2.38. The van der Waals surface area contributed by atoms with E-state index in [9.17, 15) is 4.79 Å². The quantitative estimate of drug-likeness (QED) is 0.420. The largest absolute Gasteiger partial charge is 0.494 e. The van der Waals surface area contributed by atoms with Gasteiger partial charge >= 0.3 is 0 Å². The molecule has 1 unspecified atom stereocenters. The first-order valence-electron chi connectivity index (χ1n) is 6.86. The van der Waals surface area contributed by atoms with Crippen LogP contribution in [0.3, 0.4) is 0 Å². The minimum atomic E-state index is 0.299. The number of allylic oxidation sites excluding steroid dienone is 2. The highest BCUT2D eigenvalue weighted by Gasteiger charge is 2.04. The van der Waals surface area contributed by atoms with Crippen molar-refractivity contribution in [1.82, 2.24) is 0 Å². The Balaban J connectivity index is 1.79. The molecule has 0 aromatic rings. The molecular weight excluding hydrogens is 212 g/mol. The third kappa shape index (κ3) is 7.78. The minimum Gasteiger partial charge on any atom is -0.494 e. The maximum atomic E-state index is 10.1. The molecule has 17 heavy (non-hydrogen) atoms. The Morgan fingerprint density at radius 2 is 1.65 bits per heavy atom. The van der Waals surface area contributed by atoms with Crippen molar-refractivity contribution in [2.45, 2.75) is 63.9 Å². The van der Waals surface area contributed by atoms with Crippen molar-refractivity contribution in [1.29, 1.82) is 0 Å². The van der Waals surface area contributed by atoms with Crippen LogP contribution < -0.4 is 0 Å². The summed E-state index contributed by atoms with van der Waals surface area (Å²) in [6, 6.07) is 0. The molecule has 0 aromatic carbocycles. The number of carbonyl (C=O) groups excluding carboxylic acids is 1. The van der Waals surface area contributed by atoms with Gasteiger partial charge in [-0.15, -0.1) is 0 Å². The van der Waals surface area contributed by atoms with Gasteiger partial charge in [-0.25, -0.2) is 0 Å². The van der Waals surface area contributed by atoms with Crippen molar-refractivity contribution in [3.05, 3.63) is 24.5 Å². The van der Waals surface area contributed by atoms with Crippen molar-refractivity contribution in [2.24, 2.45) is 0 Å². The molecule has 1 aliphatic rings. The number of aldehydes is 1. The number of hydrogen-bond donors (Lipinski definition) is 0. The lowest BCUT2D eigenvalue weighted by Gasteiger charge is -2.14. The summed E-state index contributed by atoms with van der Waals surface area (Å²) in [5.41, 5.74) is 0. The van der Waals surface area contributed by atoms with Gasteiger partial charge in [0.2, 0.25) is 0 Å². The SMILES string of the molecule is O=CCCCCCCCCCC1C=CC=CO1. The number of ether oxygens (including phenoxy) is 1. The van der Waals surface area contributed by atoms with Gasteiger partial charge in [0.25, 0.3) is 0 Å². The van der Waals surface area contributed by atoms with Crippen molar-refractivity contribution in [3.8, 4) is 0 Å². The highest BCUT2D eigenvalue weighted by Crippen LogP contribution is 2.14. The molecule has 0 fully saturated rings. The Hall–Kier alpha value is -1.05. The van der Waals surface area contributed by atoms with Crippen LogP contribution in [0, 0.1) is 0 Å². The molecule has 1 aliphatic heterocycles. The van der Waals surface area contributed by atoms with Crippen LogP contribution in [0.4, 0.5) is 0 Å². The first-order chi connectivity index (χ1) is 8.43. The number of hydrogen-bond acceptors (Lipinski definition) is 2. The van der Waals surface area contributed by atoms with Crippen LogP contribution in [0.1, 0.15) is 57.8 Å². The van der Waals surface area contributed by atoms with Crippen LogP contribution in [0.5, 0.6) is 0 Å². The van der Waals surface area contributed by atoms with Gasteiger partial charge < -0.3 is 9.53 Å². The summed E-state index contributed by atoms with van der Waals surface area (Å²) in [7, 11) is 0. The first kappa shape index (κ1) is 14.0. The van der Waals surface area contributed by atoms with Crippen LogP contribution in [0.25, 0.3) is 0 Å². The van der Waals surface area contributed by atoms with Gasteiger partial charge in [-0.2, -0.15) is 0 Å². The standard InChI is InChI=1S/C15H24O2/c16-13-9-6-4-2-1-3-5-7-11-15-12-8-10-14-17-15/h8,10,12-15H,1-7,9,11H2. The summed E-state index contributed by atoms with van der Waals surface area (Å²) in [6.45, 7) is 0. The van der Waals surface area contributed by atoms with Crippen molar-refractivity contribution < 1.29 is 9.53 Å².